The summed E-state index contributed by atoms with van der Waals surface area (Å²) in [6, 6.07) is 0. The van der Waals surface area contributed by atoms with Crippen molar-refractivity contribution in [1.82, 2.24) is 20.4 Å². The Bertz CT molecular complexity index is 298. The van der Waals surface area contributed by atoms with Gasteiger partial charge in [-0.15, -0.1) is 0 Å². The Kier molecular flexibility index (Phi) is 11.1. The number of likely N-dealkylation sites (N-methyl/N-ethyl adjacent to an activating group) is 1. The molecule has 0 aromatic rings. The minimum atomic E-state index is 0.724. The summed E-state index contributed by atoms with van der Waals surface area (Å²) in [6.07, 6.45) is 2.40. The summed E-state index contributed by atoms with van der Waals surface area (Å²) in [5, 5.41) is 6.58. The van der Waals surface area contributed by atoms with E-state index < -0.39 is 0 Å². The van der Waals surface area contributed by atoms with Crippen LogP contribution in [0.3, 0.4) is 0 Å². The third kappa shape index (κ3) is 9.23. The van der Waals surface area contributed by atoms with Gasteiger partial charge in [-0.25, -0.2) is 0 Å². The zero-order valence-electron chi connectivity index (χ0n) is 14.7. The van der Waals surface area contributed by atoms with Crippen LogP contribution >= 0.6 is 0 Å². The largest absolute Gasteiger partial charge is 0.380 e. The molecule has 0 bridgehead atoms. The van der Waals surface area contributed by atoms with Crippen LogP contribution in [0.1, 0.15) is 26.7 Å². The molecule has 2 N–H and O–H groups in total. The molecule has 0 aromatic carbocycles. The van der Waals surface area contributed by atoms with Crippen molar-refractivity contribution in [3.63, 3.8) is 0 Å². The van der Waals surface area contributed by atoms with E-state index in [4.69, 9.17) is 4.74 Å². The van der Waals surface area contributed by atoms with E-state index in [-0.39, 0.29) is 0 Å². The molecule has 0 amide bonds. The van der Waals surface area contributed by atoms with Crippen molar-refractivity contribution in [3.05, 3.63) is 0 Å². The fraction of sp³-hybridized carbons (Fsp3) is 0.938. The van der Waals surface area contributed by atoms with Gasteiger partial charge in [0.1, 0.15) is 0 Å². The topological polar surface area (TPSA) is 52.1 Å². The molecular formula is C16H35N5O. The molecule has 0 atom stereocenters. The van der Waals surface area contributed by atoms with E-state index in [1.807, 2.05) is 6.92 Å². The molecule has 0 saturated carbocycles. The van der Waals surface area contributed by atoms with Crippen LogP contribution in [-0.2, 0) is 4.74 Å². The maximum Gasteiger partial charge on any atom is 0.191 e. The molecule has 22 heavy (non-hydrogen) atoms. The molecule has 1 aliphatic heterocycles. The van der Waals surface area contributed by atoms with Gasteiger partial charge in [-0.2, -0.15) is 0 Å². The zero-order valence-corrected chi connectivity index (χ0v) is 14.7. The molecule has 0 radical (unpaired) electrons. The van der Waals surface area contributed by atoms with Crippen molar-refractivity contribution in [2.45, 2.75) is 26.7 Å². The molecule has 0 spiro atoms. The Morgan fingerprint density at radius 1 is 1.14 bits per heavy atom. The molecule has 1 aliphatic rings. The molecule has 6 nitrogen and oxygen atoms in total. The van der Waals surface area contributed by atoms with Crippen LogP contribution in [0.2, 0.25) is 0 Å². The zero-order chi connectivity index (χ0) is 16.0. The van der Waals surface area contributed by atoms with Gasteiger partial charge in [-0.05, 0) is 53.4 Å². The van der Waals surface area contributed by atoms with Crippen molar-refractivity contribution >= 4 is 5.96 Å². The normalized spacial score (nSPS) is 18.2. The van der Waals surface area contributed by atoms with Crippen molar-refractivity contribution in [1.29, 1.82) is 0 Å². The average Bonchev–Trinajstić information content (AvgIpc) is 2.72. The second-order valence-corrected chi connectivity index (χ2v) is 5.74. The van der Waals surface area contributed by atoms with Gasteiger partial charge in [0, 0.05) is 39.3 Å². The number of nitrogens with zero attached hydrogens (tertiary/aromatic N) is 3. The van der Waals surface area contributed by atoms with Gasteiger partial charge in [0.25, 0.3) is 0 Å². The summed E-state index contributed by atoms with van der Waals surface area (Å²) in [5.41, 5.74) is 0. The number of ether oxygens (including phenoxy) is 1. The highest BCUT2D eigenvalue weighted by molar-refractivity contribution is 5.79. The number of guanidine groups is 1. The number of nitrogens with one attached hydrogen (secondary N) is 2. The van der Waals surface area contributed by atoms with Gasteiger partial charge in [-0.3, -0.25) is 4.99 Å². The van der Waals surface area contributed by atoms with Crippen LogP contribution in [0, 0.1) is 0 Å². The monoisotopic (exact) mass is 313 g/mol. The lowest BCUT2D eigenvalue weighted by Gasteiger charge is -2.19. The second kappa shape index (κ2) is 12.7. The average molecular weight is 313 g/mol. The quantitative estimate of drug-likeness (QED) is 0.371. The molecule has 130 valence electrons. The van der Waals surface area contributed by atoms with E-state index in [0.717, 1.165) is 51.8 Å². The first-order valence-electron chi connectivity index (χ1n) is 8.77. The highest BCUT2D eigenvalue weighted by Gasteiger charge is 2.10. The Hall–Kier alpha value is -0.850. The van der Waals surface area contributed by atoms with Gasteiger partial charge in [0.15, 0.2) is 5.96 Å². The Balaban J connectivity index is 2.19. The summed E-state index contributed by atoms with van der Waals surface area (Å²) < 4.78 is 5.33. The summed E-state index contributed by atoms with van der Waals surface area (Å²) in [6.45, 7) is 14.1. The molecule has 1 heterocycles. The Labute approximate surface area is 136 Å². The Morgan fingerprint density at radius 2 is 2.00 bits per heavy atom. The van der Waals surface area contributed by atoms with E-state index in [1.165, 1.54) is 32.6 Å². The molecule has 0 aliphatic carbocycles. The molecule has 0 unspecified atom stereocenters. The molecule has 1 saturated heterocycles. The maximum absolute atomic E-state index is 5.33. The Morgan fingerprint density at radius 3 is 2.77 bits per heavy atom. The summed E-state index contributed by atoms with van der Waals surface area (Å²) in [5.74, 6) is 0.901. The van der Waals surface area contributed by atoms with Crippen molar-refractivity contribution in [3.8, 4) is 0 Å². The molecule has 0 aromatic heterocycles. The van der Waals surface area contributed by atoms with Gasteiger partial charge >= 0.3 is 0 Å². The minimum absolute atomic E-state index is 0.724. The van der Waals surface area contributed by atoms with Crippen molar-refractivity contribution < 1.29 is 4.74 Å². The number of hydrogen-bond acceptors (Lipinski definition) is 4. The third-order valence-corrected chi connectivity index (χ3v) is 3.80. The first kappa shape index (κ1) is 19.2. The lowest BCUT2D eigenvalue weighted by atomic mass is 10.3. The second-order valence-electron chi connectivity index (χ2n) is 5.74. The predicted octanol–water partition coefficient (Wildman–Crippen LogP) is 0.606. The summed E-state index contributed by atoms with van der Waals surface area (Å²) >= 11 is 0. The first-order valence-corrected chi connectivity index (χ1v) is 8.77. The van der Waals surface area contributed by atoms with Crippen LogP contribution in [-0.4, -0.2) is 88.4 Å². The highest BCUT2D eigenvalue weighted by Crippen LogP contribution is 2.01. The number of aliphatic imine (C=N–C) groups is 1. The van der Waals surface area contributed by atoms with E-state index in [9.17, 15) is 0 Å². The molecule has 6 heteroatoms. The van der Waals surface area contributed by atoms with Crippen LogP contribution in [0.25, 0.3) is 0 Å². The SMILES string of the molecule is CCNC(=NCCCN1CCCN(C)CC1)NCCOCC. The van der Waals surface area contributed by atoms with Crippen LogP contribution in [0.4, 0.5) is 0 Å². The van der Waals surface area contributed by atoms with E-state index in [2.05, 4.69) is 39.4 Å². The minimum Gasteiger partial charge on any atom is -0.380 e. The number of hydrogen-bond donors (Lipinski definition) is 2. The third-order valence-electron chi connectivity index (χ3n) is 3.80. The molecular weight excluding hydrogens is 278 g/mol. The smallest absolute Gasteiger partial charge is 0.191 e. The van der Waals surface area contributed by atoms with Crippen molar-refractivity contribution in [2.24, 2.45) is 4.99 Å². The van der Waals surface area contributed by atoms with Gasteiger partial charge in [0.05, 0.1) is 6.61 Å². The van der Waals surface area contributed by atoms with Crippen LogP contribution in [0.5, 0.6) is 0 Å². The first-order chi connectivity index (χ1) is 10.8. The van der Waals surface area contributed by atoms with E-state index >= 15 is 0 Å². The number of rotatable bonds is 9. The fourth-order valence-electron chi connectivity index (χ4n) is 2.54. The van der Waals surface area contributed by atoms with Crippen LogP contribution in [0.15, 0.2) is 4.99 Å². The summed E-state index contributed by atoms with van der Waals surface area (Å²) in [7, 11) is 2.21. The molecule has 1 fully saturated rings. The van der Waals surface area contributed by atoms with E-state index in [0.29, 0.717) is 0 Å². The fourth-order valence-corrected chi connectivity index (χ4v) is 2.54. The van der Waals surface area contributed by atoms with E-state index in [1.54, 1.807) is 0 Å². The summed E-state index contributed by atoms with van der Waals surface area (Å²) in [4.78, 5) is 9.62. The predicted molar refractivity (Wildman–Crippen MR) is 93.6 cm³/mol. The van der Waals surface area contributed by atoms with Gasteiger partial charge < -0.3 is 25.2 Å². The van der Waals surface area contributed by atoms with Crippen molar-refractivity contribution in [2.75, 3.05) is 72.6 Å². The lowest BCUT2D eigenvalue weighted by molar-refractivity contribution is 0.152. The van der Waals surface area contributed by atoms with Crippen LogP contribution < -0.4 is 10.6 Å². The highest BCUT2D eigenvalue weighted by atomic mass is 16.5. The standard InChI is InChI=1S/C16H35N5O/c1-4-17-16(19-9-15-22-5-2)18-8-6-11-21-12-7-10-20(3)13-14-21/h4-15H2,1-3H3,(H2,17,18,19). The van der Waals surface area contributed by atoms with Gasteiger partial charge in [0.2, 0.25) is 0 Å². The van der Waals surface area contributed by atoms with Gasteiger partial charge in [-0.1, -0.05) is 0 Å². The maximum atomic E-state index is 5.33. The molecule has 1 rings (SSSR count). The lowest BCUT2D eigenvalue weighted by Crippen LogP contribution is -2.39.